The highest BCUT2D eigenvalue weighted by molar-refractivity contribution is 5.73. The lowest BCUT2D eigenvalue weighted by Crippen LogP contribution is -2.41. The second kappa shape index (κ2) is 23.1. The van der Waals surface area contributed by atoms with Gasteiger partial charge >= 0.3 is 12.2 Å². The van der Waals surface area contributed by atoms with Crippen LogP contribution in [0.1, 0.15) is 52.2 Å². The van der Waals surface area contributed by atoms with Crippen molar-refractivity contribution in [2.24, 2.45) is 0 Å². The average molecular weight is 562 g/mol. The van der Waals surface area contributed by atoms with E-state index in [0.29, 0.717) is 12.8 Å². The first-order valence-electron chi connectivity index (χ1n) is 13.7. The van der Waals surface area contributed by atoms with Crippen LogP contribution in [0.25, 0.3) is 0 Å². The van der Waals surface area contributed by atoms with Crippen molar-refractivity contribution in [3.8, 4) is 5.75 Å². The van der Waals surface area contributed by atoms with Gasteiger partial charge in [0.1, 0.15) is 19.0 Å². The Labute approximate surface area is 238 Å². The molecule has 10 heteroatoms. The van der Waals surface area contributed by atoms with E-state index in [2.05, 4.69) is 29.8 Å². The van der Waals surface area contributed by atoms with Crippen molar-refractivity contribution in [1.29, 1.82) is 0 Å². The van der Waals surface area contributed by atoms with Gasteiger partial charge in [-0.05, 0) is 36.1 Å². The molecule has 10 nitrogen and oxygen atoms in total. The van der Waals surface area contributed by atoms with Gasteiger partial charge in [-0.2, -0.15) is 0 Å². The number of carbonyl (C=O) groups is 3. The fourth-order valence-corrected chi connectivity index (χ4v) is 3.28. The molecular weight excluding hydrogens is 514 g/mol. The summed E-state index contributed by atoms with van der Waals surface area (Å²) in [6, 6.07) is 15.9. The number of ether oxygens (including phenoxy) is 3. The molecule has 0 saturated heterocycles. The van der Waals surface area contributed by atoms with E-state index in [4.69, 9.17) is 14.2 Å². The Morgan fingerprint density at radius 3 is 1.95 bits per heavy atom. The molecule has 2 unspecified atom stereocenters. The highest BCUT2D eigenvalue weighted by atomic mass is 16.6. The third-order valence-corrected chi connectivity index (χ3v) is 4.94. The van der Waals surface area contributed by atoms with Gasteiger partial charge in [-0.25, -0.2) is 9.59 Å². The highest BCUT2D eigenvalue weighted by Crippen LogP contribution is 2.13. The Bertz CT molecular complexity index is 940. The molecule has 0 fully saturated rings. The molecule has 224 valence electrons. The van der Waals surface area contributed by atoms with Crippen LogP contribution < -0.4 is 20.7 Å². The molecule has 2 atom stereocenters. The van der Waals surface area contributed by atoms with Crippen LogP contribution in [-0.4, -0.2) is 68.8 Å². The zero-order valence-corrected chi connectivity index (χ0v) is 24.7. The van der Waals surface area contributed by atoms with Crippen molar-refractivity contribution in [3.05, 3.63) is 65.7 Å². The summed E-state index contributed by atoms with van der Waals surface area (Å²) in [6.07, 6.45) is 0.787. The molecule has 0 bridgehead atoms. The van der Waals surface area contributed by atoms with Gasteiger partial charge in [0.15, 0.2) is 0 Å². The number of alkyl carbamates (subject to hydrolysis) is 2. The van der Waals surface area contributed by atoms with Crippen LogP contribution in [0.4, 0.5) is 9.59 Å². The summed E-state index contributed by atoms with van der Waals surface area (Å²) in [4.78, 5) is 35.4. The standard InChI is InChI=1S/C25H33N3O7.C3H8.C2H6/c1-18(30)27-22(15-20-8-10-23(33-2)11-9-20)17-35-24(31)26-12-13-34-25(32)28-21(16-29)14-19-6-4-3-5-7-19;1-3-2;1-2/h3-11,21-22,29H,12-17H2,1-2H3,(H,26,31)(H,27,30)(H,28,32);3H2,1-2H3;1-2H3. The van der Waals surface area contributed by atoms with E-state index >= 15 is 0 Å². The Kier molecular flexibility index (Phi) is 20.9. The molecule has 0 saturated carbocycles. The molecule has 0 heterocycles. The van der Waals surface area contributed by atoms with Gasteiger partial charge in [-0.15, -0.1) is 0 Å². The number of hydrogen-bond acceptors (Lipinski definition) is 7. The fraction of sp³-hybridized carbons (Fsp3) is 0.500. The largest absolute Gasteiger partial charge is 0.497 e. The van der Waals surface area contributed by atoms with Gasteiger partial charge in [-0.1, -0.05) is 76.6 Å². The van der Waals surface area contributed by atoms with E-state index in [1.54, 1.807) is 7.11 Å². The highest BCUT2D eigenvalue weighted by Gasteiger charge is 2.15. The summed E-state index contributed by atoms with van der Waals surface area (Å²) in [7, 11) is 1.58. The molecule has 0 aliphatic carbocycles. The number of benzene rings is 2. The van der Waals surface area contributed by atoms with E-state index in [0.717, 1.165) is 16.9 Å². The molecule has 0 aromatic heterocycles. The maximum absolute atomic E-state index is 12.0. The van der Waals surface area contributed by atoms with Crippen LogP contribution in [0, 0.1) is 0 Å². The zero-order chi connectivity index (χ0) is 30.2. The van der Waals surface area contributed by atoms with Crippen LogP contribution in [0.15, 0.2) is 54.6 Å². The van der Waals surface area contributed by atoms with Crippen LogP contribution in [0.2, 0.25) is 0 Å². The second-order valence-electron chi connectivity index (χ2n) is 8.53. The number of aliphatic hydroxyl groups is 1. The number of rotatable bonds is 13. The van der Waals surface area contributed by atoms with E-state index < -0.39 is 24.3 Å². The summed E-state index contributed by atoms with van der Waals surface area (Å²) in [5.74, 6) is 0.486. The first-order valence-corrected chi connectivity index (χ1v) is 13.7. The molecule has 2 aromatic carbocycles. The predicted molar refractivity (Wildman–Crippen MR) is 156 cm³/mol. The van der Waals surface area contributed by atoms with Crippen LogP contribution in [0.5, 0.6) is 5.75 Å². The fourth-order valence-electron chi connectivity index (χ4n) is 3.28. The van der Waals surface area contributed by atoms with Gasteiger partial charge in [-0.3, -0.25) is 4.79 Å². The van der Waals surface area contributed by atoms with Crippen molar-refractivity contribution in [2.75, 3.05) is 33.5 Å². The summed E-state index contributed by atoms with van der Waals surface area (Å²) >= 11 is 0. The molecule has 0 aliphatic heterocycles. The van der Waals surface area contributed by atoms with Crippen molar-refractivity contribution in [2.45, 2.75) is 66.0 Å². The minimum atomic E-state index is -0.698. The van der Waals surface area contributed by atoms with Crippen molar-refractivity contribution < 1.29 is 33.7 Å². The van der Waals surface area contributed by atoms with Crippen LogP contribution >= 0.6 is 0 Å². The minimum Gasteiger partial charge on any atom is -0.497 e. The maximum atomic E-state index is 12.0. The van der Waals surface area contributed by atoms with Gasteiger partial charge < -0.3 is 35.3 Å². The molecule has 3 amide bonds. The number of hydrogen-bond donors (Lipinski definition) is 4. The minimum absolute atomic E-state index is 0.0313. The number of carbonyl (C=O) groups excluding carboxylic acids is 3. The first kappa shape index (κ1) is 36.2. The molecular formula is C30H47N3O7. The third-order valence-electron chi connectivity index (χ3n) is 4.94. The number of aliphatic hydroxyl groups excluding tert-OH is 1. The predicted octanol–water partition coefficient (Wildman–Crippen LogP) is 4.24. The number of methoxy groups -OCH3 is 1. The first-order chi connectivity index (χ1) is 19.3. The second-order valence-corrected chi connectivity index (χ2v) is 8.53. The van der Waals surface area contributed by atoms with Crippen LogP contribution in [0.3, 0.4) is 0 Å². The Balaban J connectivity index is 0.00000284. The maximum Gasteiger partial charge on any atom is 0.407 e. The van der Waals surface area contributed by atoms with Gasteiger partial charge in [0, 0.05) is 6.92 Å². The summed E-state index contributed by atoms with van der Waals surface area (Å²) in [6.45, 7) is 9.34. The lowest BCUT2D eigenvalue weighted by molar-refractivity contribution is -0.120. The quantitative estimate of drug-likeness (QED) is 0.269. The lowest BCUT2D eigenvalue weighted by Gasteiger charge is -2.18. The number of amides is 3. The van der Waals surface area contributed by atoms with E-state index in [9.17, 15) is 19.5 Å². The molecule has 0 spiro atoms. The number of nitrogens with one attached hydrogen (secondary N) is 3. The molecule has 0 radical (unpaired) electrons. The zero-order valence-electron chi connectivity index (χ0n) is 24.7. The molecule has 2 rings (SSSR count). The smallest absolute Gasteiger partial charge is 0.407 e. The molecule has 4 N–H and O–H groups in total. The lowest BCUT2D eigenvalue weighted by atomic mass is 10.1. The normalized spacial score (nSPS) is 11.2. The third kappa shape index (κ3) is 17.7. The summed E-state index contributed by atoms with van der Waals surface area (Å²) in [5, 5.41) is 17.3. The Morgan fingerprint density at radius 1 is 0.825 bits per heavy atom. The van der Waals surface area contributed by atoms with E-state index in [1.807, 2.05) is 68.4 Å². The SMILES string of the molecule is CC.CCC.COc1ccc(CC(COC(=O)NCCOC(=O)NC(CO)Cc2ccccc2)NC(C)=O)cc1. The van der Waals surface area contributed by atoms with Crippen molar-refractivity contribution in [1.82, 2.24) is 16.0 Å². The van der Waals surface area contributed by atoms with Crippen molar-refractivity contribution >= 4 is 18.1 Å². The monoisotopic (exact) mass is 561 g/mol. The van der Waals surface area contributed by atoms with Crippen molar-refractivity contribution in [3.63, 3.8) is 0 Å². The molecule has 2 aromatic rings. The summed E-state index contributed by atoms with van der Waals surface area (Å²) < 4.78 is 15.4. The molecule has 0 aliphatic rings. The van der Waals surface area contributed by atoms with Gasteiger partial charge in [0.25, 0.3) is 0 Å². The average Bonchev–Trinajstić information content (AvgIpc) is 2.96. The topological polar surface area (TPSA) is 135 Å². The molecule has 40 heavy (non-hydrogen) atoms. The van der Waals surface area contributed by atoms with E-state index in [1.165, 1.54) is 13.3 Å². The van der Waals surface area contributed by atoms with Gasteiger partial charge in [0.05, 0.1) is 32.3 Å². The Morgan fingerprint density at radius 2 is 1.40 bits per heavy atom. The van der Waals surface area contributed by atoms with Gasteiger partial charge in [0.2, 0.25) is 5.91 Å². The Hall–Kier alpha value is -3.79. The van der Waals surface area contributed by atoms with E-state index in [-0.39, 0.29) is 32.3 Å². The summed E-state index contributed by atoms with van der Waals surface area (Å²) in [5.41, 5.74) is 1.92. The van der Waals surface area contributed by atoms with Crippen LogP contribution in [-0.2, 0) is 27.1 Å².